The molecule has 0 aromatic carbocycles. The van der Waals surface area contributed by atoms with Crippen LogP contribution in [-0.4, -0.2) is 12.8 Å². The van der Waals surface area contributed by atoms with E-state index in [1.54, 1.807) is 6.92 Å². The Balaban J connectivity index is 3.35. The van der Waals surface area contributed by atoms with Gasteiger partial charge in [-0.3, -0.25) is 0 Å². The summed E-state index contributed by atoms with van der Waals surface area (Å²) in [6.45, 7) is 1.95. The molecule has 0 aromatic rings. The van der Waals surface area contributed by atoms with Gasteiger partial charge in [-0.15, -0.1) is 0 Å². The Morgan fingerprint density at radius 1 is 1.70 bits per heavy atom. The SMILES string of the molecule is CCCOC(=O)O[P+](=O)[O-]. The molecule has 0 rings (SSSR count). The minimum atomic E-state index is -3.13. The van der Waals surface area contributed by atoms with E-state index in [1.807, 2.05) is 0 Å². The van der Waals surface area contributed by atoms with Crippen LogP contribution in [0.4, 0.5) is 4.79 Å². The zero-order valence-electron chi connectivity index (χ0n) is 5.40. The molecule has 0 aliphatic rings. The monoisotopic (exact) mass is 166 g/mol. The molecule has 0 spiro atoms. The summed E-state index contributed by atoms with van der Waals surface area (Å²) >= 11 is 0. The second kappa shape index (κ2) is 5.14. The Morgan fingerprint density at radius 3 is 2.70 bits per heavy atom. The fourth-order valence-corrected chi connectivity index (χ4v) is 0.447. The number of carbonyl (C=O) groups excluding carboxylic acids is 1. The summed E-state index contributed by atoms with van der Waals surface area (Å²) in [5, 5.41) is 0. The van der Waals surface area contributed by atoms with E-state index in [1.165, 1.54) is 0 Å². The second-order valence-electron chi connectivity index (χ2n) is 1.41. The highest BCUT2D eigenvalue weighted by Gasteiger charge is 2.12. The van der Waals surface area contributed by atoms with Crippen molar-refractivity contribution in [3.05, 3.63) is 0 Å². The van der Waals surface area contributed by atoms with Gasteiger partial charge in [0, 0.05) is 0 Å². The van der Waals surface area contributed by atoms with E-state index in [-0.39, 0.29) is 6.61 Å². The van der Waals surface area contributed by atoms with Crippen LogP contribution in [0.15, 0.2) is 0 Å². The molecule has 0 aromatic heterocycles. The summed E-state index contributed by atoms with van der Waals surface area (Å²) in [7, 11) is -3.13. The Morgan fingerprint density at radius 2 is 2.30 bits per heavy atom. The quantitative estimate of drug-likeness (QED) is 0.452. The topological polar surface area (TPSA) is 75.7 Å². The van der Waals surface area contributed by atoms with Gasteiger partial charge in [0.15, 0.2) is 0 Å². The molecule has 58 valence electrons. The molecule has 1 atom stereocenters. The van der Waals surface area contributed by atoms with E-state index in [0.29, 0.717) is 6.42 Å². The minimum Gasteiger partial charge on any atom is -0.558 e. The van der Waals surface area contributed by atoms with E-state index >= 15 is 0 Å². The van der Waals surface area contributed by atoms with E-state index in [9.17, 15) is 14.3 Å². The molecule has 0 radical (unpaired) electrons. The van der Waals surface area contributed by atoms with E-state index in [4.69, 9.17) is 0 Å². The lowest BCUT2D eigenvalue weighted by molar-refractivity contribution is -0.182. The van der Waals surface area contributed by atoms with Gasteiger partial charge in [-0.05, 0) is 11.0 Å². The van der Waals surface area contributed by atoms with E-state index < -0.39 is 14.4 Å². The van der Waals surface area contributed by atoms with Crippen LogP contribution in [0.5, 0.6) is 0 Å². The van der Waals surface area contributed by atoms with Crippen molar-refractivity contribution in [3.8, 4) is 0 Å². The van der Waals surface area contributed by atoms with Crippen molar-refractivity contribution in [1.82, 2.24) is 0 Å². The van der Waals surface area contributed by atoms with Crippen molar-refractivity contribution in [2.45, 2.75) is 13.3 Å². The molecule has 0 aliphatic carbocycles. The Bertz CT molecular complexity index is 134. The number of hydrogen-bond acceptors (Lipinski definition) is 5. The van der Waals surface area contributed by atoms with Gasteiger partial charge in [-0.1, -0.05) is 6.92 Å². The standard InChI is InChI=1S/C4H7O5P/c1-2-3-8-4(5)9-10(6)7/h2-3H2,1H3. The van der Waals surface area contributed by atoms with Crippen LogP contribution < -0.4 is 4.89 Å². The lowest BCUT2D eigenvalue weighted by Gasteiger charge is -1.94. The maximum Gasteiger partial charge on any atom is 0.556 e. The van der Waals surface area contributed by atoms with Crippen LogP contribution in [0, 0.1) is 0 Å². The molecule has 0 aliphatic heterocycles. The average Bonchev–Trinajstić information content (AvgIpc) is 1.82. The zero-order chi connectivity index (χ0) is 7.98. The third-order valence-electron chi connectivity index (χ3n) is 0.573. The highest BCUT2D eigenvalue weighted by atomic mass is 31.1. The van der Waals surface area contributed by atoms with Gasteiger partial charge in [0.25, 0.3) is 0 Å². The maximum atomic E-state index is 10.2. The van der Waals surface area contributed by atoms with Gasteiger partial charge >= 0.3 is 14.4 Å². The molecular formula is C4H7O5P. The van der Waals surface area contributed by atoms with Gasteiger partial charge in [-0.25, -0.2) is 0 Å². The molecule has 0 saturated carbocycles. The Labute approximate surface area is 58.9 Å². The summed E-state index contributed by atoms with van der Waals surface area (Å²) < 4.78 is 17.6. The first-order chi connectivity index (χ1) is 4.66. The fourth-order valence-electron chi connectivity index (χ4n) is 0.273. The summed E-state index contributed by atoms with van der Waals surface area (Å²) in [6.07, 6.45) is -0.539. The Kier molecular flexibility index (Phi) is 4.80. The molecule has 1 unspecified atom stereocenters. The third kappa shape index (κ3) is 5.47. The van der Waals surface area contributed by atoms with Crippen LogP contribution in [0.3, 0.4) is 0 Å². The third-order valence-corrected chi connectivity index (χ3v) is 0.871. The van der Waals surface area contributed by atoms with Crippen molar-refractivity contribution in [3.63, 3.8) is 0 Å². The molecule has 6 heteroatoms. The number of hydrogen-bond donors (Lipinski definition) is 0. The first-order valence-corrected chi connectivity index (χ1v) is 3.75. The maximum absolute atomic E-state index is 10.2. The van der Waals surface area contributed by atoms with Gasteiger partial charge < -0.3 is 9.63 Å². The number of rotatable bonds is 3. The van der Waals surface area contributed by atoms with Crippen LogP contribution in [0.1, 0.15) is 13.3 Å². The van der Waals surface area contributed by atoms with Gasteiger partial charge in [0.05, 0.1) is 6.61 Å². The smallest absolute Gasteiger partial charge is 0.556 e. The molecule has 0 heterocycles. The molecule has 10 heavy (non-hydrogen) atoms. The molecular weight excluding hydrogens is 159 g/mol. The van der Waals surface area contributed by atoms with Crippen LogP contribution in [0.25, 0.3) is 0 Å². The average molecular weight is 166 g/mol. The van der Waals surface area contributed by atoms with Gasteiger partial charge in [0.1, 0.15) is 0 Å². The second-order valence-corrected chi connectivity index (χ2v) is 2.04. The largest absolute Gasteiger partial charge is 0.558 e. The van der Waals surface area contributed by atoms with Gasteiger partial charge in [0.2, 0.25) is 0 Å². The van der Waals surface area contributed by atoms with Crippen LogP contribution in [0.2, 0.25) is 0 Å². The minimum absolute atomic E-state index is 0.169. The lowest BCUT2D eigenvalue weighted by atomic mass is 10.5. The lowest BCUT2D eigenvalue weighted by Crippen LogP contribution is -2.06. The normalized spacial score (nSPS) is 10.4. The molecule has 0 N–H and O–H groups in total. The van der Waals surface area contributed by atoms with Crippen LogP contribution in [-0.2, 0) is 13.8 Å². The van der Waals surface area contributed by atoms with Crippen molar-refractivity contribution < 1.29 is 23.5 Å². The molecule has 0 bridgehead atoms. The van der Waals surface area contributed by atoms with Gasteiger partial charge in [-0.2, -0.15) is 9.32 Å². The highest BCUT2D eigenvalue weighted by Crippen LogP contribution is 2.09. The zero-order valence-corrected chi connectivity index (χ0v) is 6.30. The van der Waals surface area contributed by atoms with Crippen molar-refractivity contribution >= 4 is 14.4 Å². The van der Waals surface area contributed by atoms with Crippen molar-refractivity contribution in [1.29, 1.82) is 0 Å². The van der Waals surface area contributed by atoms with E-state index in [2.05, 4.69) is 9.26 Å². The number of carbonyl (C=O) groups is 1. The number of ether oxygens (including phenoxy) is 1. The predicted octanol–water partition coefficient (Wildman–Crippen LogP) is 0.567. The molecule has 0 saturated heterocycles. The highest BCUT2D eigenvalue weighted by molar-refractivity contribution is 7.31. The Hall–Kier alpha value is -0.670. The molecule has 0 amide bonds. The van der Waals surface area contributed by atoms with Crippen molar-refractivity contribution in [2.24, 2.45) is 0 Å². The fraction of sp³-hybridized carbons (Fsp3) is 0.750. The predicted molar refractivity (Wildman–Crippen MR) is 30.3 cm³/mol. The van der Waals surface area contributed by atoms with Crippen molar-refractivity contribution in [2.75, 3.05) is 6.61 Å². The first kappa shape index (κ1) is 9.33. The summed E-state index contributed by atoms with van der Waals surface area (Å²) in [4.78, 5) is 19.9. The molecule has 0 fully saturated rings. The van der Waals surface area contributed by atoms with Crippen LogP contribution >= 0.6 is 8.25 Å². The van der Waals surface area contributed by atoms with E-state index in [0.717, 1.165) is 0 Å². The summed E-state index contributed by atoms with van der Waals surface area (Å²) in [5.74, 6) is 0. The summed E-state index contributed by atoms with van der Waals surface area (Å²) in [5.41, 5.74) is 0. The molecule has 5 nitrogen and oxygen atoms in total. The summed E-state index contributed by atoms with van der Waals surface area (Å²) in [6, 6.07) is 0. The first-order valence-electron chi connectivity index (χ1n) is 2.66.